The maximum Gasteiger partial charge on any atom is 0.193 e. The third kappa shape index (κ3) is 6.55. The lowest BCUT2D eigenvalue weighted by atomic mass is 10.1. The largest absolute Gasteiger partial charge is 0.356 e. The van der Waals surface area contributed by atoms with Gasteiger partial charge in [0.05, 0.1) is 0 Å². The van der Waals surface area contributed by atoms with Gasteiger partial charge in [0.1, 0.15) is 0 Å². The first kappa shape index (κ1) is 21.2. The van der Waals surface area contributed by atoms with Gasteiger partial charge in [-0.25, -0.2) is 0 Å². The second-order valence-electron chi connectivity index (χ2n) is 6.71. The first-order valence-corrected chi connectivity index (χ1v) is 8.67. The van der Waals surface area contributed by atoms with Crippen LogP contribution >= 0.6 is 24.0 Å². The number of aliphatic imine (C=N–C) groups is 1. The Hall–Kier alpha value is -0.890. The number of hydrogen-bond donors (Lipinski definition) is 1. The molecule has 0 aromatic carbocycles. The Kier molecular flexibility index (Phi) is 9.58. The normalized spacial score (nSPS) is 16.2. The van der Waals surface area contributed by atoms with Crippen LogP contribution in [0.3, 0.4) is 0 Å². The van der Waals surface area contributed by atoms with E-state index in [1.807, 2.05) is 19.4 Å². The summed E-state index contributed by atoms with van der Waals surface area (Å²) in [6.07, 6.45) is 4.80. The van der Waals surface area contributed by atoms with Gasteiger partial charge in [-0.1, -0.05) is 13.8 Å². The average molecular weight is 445 g/mol. The molecule has 1 saturated heterocycles. The van der Waals surface area contributed by atoms with Crippen LogP contribution < -0.4 is 5.32 Å². The summed E-state index contributed by atoms with van der Waals surface area (Å²) in [5.41, 5.74) is 2.61. The van der Waals surface area contributed by atoms with E-state index in [-0.39, 0.29) is 24.0 Å². The van der Waals surface area contributed by atoms with Crippen molar-refractivity contribution in [3.05, 3.63) is 29.6 Å². The zero-order valence-corrected chi connectivity index (χ0v) is 17.8. The van der Waals surface area contributed by atoms with Crippen LogP contribution in [-0.4, -0.2) is 67.1 Å². The SMILES string of the molecule is CN=C(NCCc1ccncc1C)N1CCN(CC(C)C)CC1.I. The lowest BCUT2D eigenvalue weighted by Crippen LogP contribution is -2.53. The second kappa shape index (κ2) is 10.9. The van der Waals surface area contributed by atoms with Crippen LogP contribution in [-0.2, 0) is 6.42 Å². The van der Waals surface area contributed by atoms with Crippen molar-refractivity contribution in [1.82, 2.24) is 20.1 Å². The van der Waals surface area contributed by atoms with Gasteiger partial charge in [0.25, 0.3) is 0 Å². The fraction of sp³-hybridized carbons (Fsp3) is 0.667. The number of pyridine rings is 1. The number of halogens is 1. The van der Waals surface area contributed by atoms with Gasteiger partial charge in [0.15, 0.2) is 5.96 Å². The molecule has 1 fully saturated rings. The molecular weight excluding hydrogens is 413 g/mol. The molecule has 1 aliphatic heterocycles. The molecule has 1 aromatic rings. The van der Waals surface area contributed by atoms with E-state index in [9.17, 15) is 0 Å². The smallest absolute Gasteiger partial charge is 0.193 e. The van der Waals surface area contributed by atoms with Crippen LogP contribution in [0.25, 0.3) is 0 Å². The Morgan fingerprint density at radius 1 is 1.29 bits per heavy atom. The van der Waals surface area contributed by atoms with Crippen molar-refractivity contribution in [2.75, 3.05) is 46.3 Å². The molecule has 6 heteroatoms. The van der Waals surface area contributed by atoms with Crippen molar-refractivity contribution >= 4 is 29.9 Å². The Balaban J connectivity index is 0.00000288. The fourth-order valence-corrected chi connectivity index (χ4v) is 3.08. The second-order valence-corrected chi connectivity index (χ2v) is 6.71. The number of hydrogen-bond acceptors (Lipinski definition) is 3. The highest BCUT2D eigenvalue weighted by Gasteiger charge is 2.19. The fourth-order valence-electron chi connectivity index (χ4n) is 3.08. The summed E-state index contributed by atoms with van der Waals surface area (Å²) in [6.45, 7) is 13.2. The van der Waals surface area contributed by atoms with Gasteiger partial charge in [-0.15, -0.1) is 24.0 Å². The van der Waals surface area contributed by atoms with E-state index in [2.05, 4.69) is 51.9 Å². The zero-order chi connectivity index (χ0) is 16.7. The highest BCUT2D eigenvalue weighted by Crippen LogP contribution is 2.07. The van der Waals surface area contributed by atoms with Gasteiger partial charge < -0.3 is 10.2 Å². The minimum Gasteiger partial charge on any atom is -0.356 e. The molecule has 24 heavy (non-hydrogen) atoms. The Labute approximate surface area is 163 Å². The molecule has 1 aromatic heterocycles. The van der Waals surface area contributed by atoms with Crippen molar-refractivity contribution in [1.29, 1.82) is 0 Å². The number of nitrogens with zero attached hydrogens (tertiary/aromatic N) is 4. The van der Waals surface area contributed by atoms with Crippen molar-refractivity contribution in [2.45, 2.75) is 27.2 Å². The molecule has 2 rings (SSSR count). The summed E-state index contributed by atoms with van der Waals surface area (Å²) in [6, 6.07) is 2.10. The number of aryl methyl sites for hydroxylation is 1. The lowest BCUT2D eigenvalue weighted by molar-refractivity contribution is 0.164. The van der Waals surface area contributed by atoms with Crippen molar-refractivity contribution < 1.29 is 0 Å². The summed E-state index contributed by atoms with van der Waals surface area (Å²) in [7, 11) is 1.88. The minimum absolute atomic E-state index is 0. The predicted molar refractivity (Wildman–Crippen MR) is 112 cm³/mol. The molecule has 0 unspecified atom stereocenters. The van der Waals surface area contributed by atoms with Crippen molar-refractivity contribution in [3.8, 4) is 0 Å². The minimum atomic E-state index is 0. The van der Waals surface area contributed by atoms with Crippen LogP contribution in [0.4, 0.5) is 0 Å². The van der Waals surface area contributed by atoms with Gasteiger partial charge in [-0.2, -0.15) is 0 Å². The molecule has 0 saturated carbocycles. The van der Waals surface area contributed by atoms with E-state index in [0.717, 1.165) is 51.0 Å². The molecule has 0 atom stereocenters. The Bertz CT molecular complexity index is 510. The maximum absolute atomic E-state index is 4.45. The van der Waals surface area contributed by atoms with Crippen LogP contribution in [0.2, 0.25) is 0 Å². The van der Waals surface area contributed by atoms with Gasteiger partial charge in [-0.05, 0) is 36.5 Å². The highest BCUT2D eigenvalue weighted by atomic mass is 127. The topological polar surface area (TPSA) is 43.8 Å². The van der Waals surface area contributed by atoms with Gasteiger partial charge in [0, 0.05) is 58.7 Å². The van der Waals surface area contributed by atoms with Gasteiger partial charge >= 0.3 is 0 Å². The van der Waals surface area contributed by atoms with E-state index >= 15 is 0 Å². The summed E-state index contributed by atoms with van der Waals surface area (Å²) in [5.74, 6) is 1.77. The summed E-state index contributed by atoms with van der Waals surface area (Å²) < 4.78 is 0. The summed E-state index contributed by atoms with van der Waals surface area (Å²) in [5, 5.41) is 3.51. The first-order chi connectivity index (χ1) is 11.1. The number of piperazine rings is 1. The zero-order valence-electron chi connectivity index (χ0n) is 15.5. The highest BCUT2D eigenvalue weighted by molar-refractivity contribution is 14.0. The van der Waals surface area contributed by atoms with Gasteiger partial charge in [-0.3, -0.25) is 14.9 Å². The predicted octanol–water partition coefficient (Wildman–Crippen LogP) is 2.40. The monoisotopic (exact) mass is 445 g/mol. The quantitative estimate of drug-likeness (QED) is 0.430. The van der Waals surface area contributed by atoms with E-state index in [1.165, 1.54) is 17.7 Å². The molecule has 0 bridgehead atoms. The van der Waals surface area contributed by atoms with E-state index in [1.54, 1.807) is 0 Å². The van der Waals surface area contributed by atoms with E-state index in [4.69, 9.17) is 0 Å². The number of guanidine groups is 1. The third-order valence-electron chi connectivity index (χ3n) is 4.32. The number of nitrogens with one attached hydrogen (secondary N) is 1. The molecule has 136 valence electrons. The molecule has 1 aliphatic rings. The molecular formula is C18H32IN5. The molecule has 0 spiro atoms. The van der Waals surface area contributed by atoms with Crippen LogP contribution in [0.1, 0.15) is 25.0 Å². The summed E-state index contributed by atoms with van der Waals surface area (Å²) in [4.78, 5) is 13.5. The molecule has 2 heterocycles. The number of rotatable bonds is 5. The standard InChI is InChI=1S/C18H31N5.HI/c1-15(2)14-22-9-11-23(12-10-22)18(19-4)21-8-6-17-5-7-20-13-16(17)3;/h5,7,13,15H,6,8-12,14H2,1-4H3,(H,19,21);1H. The van der Waals surface area contributed by atoms with Crippen molar-refractivity contribution in [3.63, 3.8) is 0 Å². The molecule has 5 nitrogen and oxygen atoms in total. The van der Waals surface area contributed by atoms with E-state index in [0.29, 0.717) is 0 Å². The third-order valence-corrected chi connectivity index (χ3v) is 4.32. The Morgan fingerprint density at radius 3 is 2.58 bits per heavy atom. The Morgan fingerprint density at radius 2 is 2.00 bits per heavy atom. The maximum atomic E-state index is 4.45. The van der Waals surface area contributed by atoms with Crippen LogP contribution in [0.5, 0.6) is 0 Å². The summed E-state index contributed by atoms with van der Waals surface area (Å²) >= 11 is 0. The van der Waals surface area contributed by atoms with E-state index < -0.39 is 0 Å². The first-order valence-electron chi connectivity index (χ1n) is 8.67. The molecule has 0 aliphatic carbocycles. The molecule has 0 amide bonds. The van der Waals surface area contributed by atoms with Crippen molar-refractivity contribution in [2.24, 2.45) is 10.9 Å². The van der Waals surface area contributed by atoms with Crippen LogP contribution in [0.15, 0.2) is 23.5 Å². The van der Waals surface area contributed by atoms with Crippen LogP contribution in [0, 0.1) is 12.8 Å². The van der Waals surface area contributed by atoms with Gasteiger partial charge in [0.2, 0.25) is 0 Å². The number of aromatic nitrogens is 1. The molecule has 0 radical (unpaired) electrons. The lowest BCUT2D eigenvalue weighted by Gasteiger charge is -2.37. The molecule has 1 N–H and O–H groups in total. The average Bonchev–Trinajstić information content (AvgIpc) is 2.54.